The number of carbonyl (C=O) groups is 1. The van der Waals surface area contributed by atoms with Gasteiger partial charge in [0, 0.05) is 6.04 Å². The van der Waals surface area contributed by atoms with Crippen LogP contribution >= 0.6 is 0 Å². The van der Waals surface area contributed by atoms with Crippen molar-refractivity contribution in [1.29, 1.82) is 0 Å². The molecule has 0 saturated heterocycles. The minimum Gasteiger partial charge on any atom is -0.497 e. The van der Waals surface area contributed by atoms with Gasteiger partial charge in [-0.15, -0.1) is 0 Å². The van der Waals surface area contributed by atoms with E-state index in [2.05, 4.69) is 0 Å². The van der Waals surface area contributed by atoms with Gasteiger partial charge >= 0.3 is 5.97 Å². The van der Waals surface area contributed by atoms with Crippen LogP contribution in [0.2, 0.25) is 0 Å². The quantitative estimate of drug-likeness (QED) is 0.767. The minimum atomic E-state index is -0.786. The van der Waals surface area contributed by atoms with E-state index in [1.807, 2.05) is 38.1 Å². The third-order valence-electron chi connectivity index (χ3n) is 4.03. The van der Waals surface area contributed by atoms with Gasteiger partial charge in [0.05, 0.1) is 13.5 Å². The third-order valence-corrected chi connectivity index (χ3v) is 4.03. The lowest BCUT2D eigenvalue weighted by Gasteiger charge is -2.34. The molecule has 2 unspecified atom stereocenters. The third kappa shape index (κ3) is 4.53. The molecule has 20 heavy (non-hydrogen) atoms. The maximum absolute atomic E-state index is 11.1. The van der Waals surface area contributed by atoms with E-state index in [0.29, 0.717) is 0 Å². The number of rotatable bonds is 8. The molecule has 0 radical (unpaired) electrons. The number of aliphatic carboxylic acids is 1. The van der Waals surface area contributed by atoms with E-state index in [-0.39, 0.29) is 17.9 Å². The number of benzene rings is 1. The van der Waals surface area contributed by atoms with Crippen molar-refractivity contribution >= 4 is 5.97 Å². The molecule has 0 amide bonds. The summed E-state index contributed by atoms with van der Waals surface area (Å²) < 4.78 is 5.13. The van der Waals surface area contributed by atoms with Crippen LogP contribution in [-0.2, 0) is 11.2 Å². The van der Waals surface area contributed by atoms with Gasteiger partial charge < -0.3 is 15.6 Å². The Balaban J connectivity index is 2.72. The van der Waals surface area contributed by atoms with Crippen LogP contribution in [0.25, 0.3) is 0 Å². The topological polar surface area (TPSA) is 72.5 Å². The molecular weight excluding hydrogens is 254 g/mol. The molecule has 3 N–H and O–H groups in total. The van der Waals surface area contributed by atoms with Gasteiger partial charge in [-0.2, -0.15) is 0 Å². The maximum Gasteiger partial charge on any atom is 0.303 e. The number of nitrogens with two attached hydrogens (primary N) is 1. The first-order chi connectivity index (χ1) is 9.41. The molecular formula is C16H25NO3. The molecule has 0 bridgehead atoms. The van der Waals surface area contributed by atoms with Gasteiger partial charge in [-0.3, -0.25) is 4.79 Å². The molecule has 0 fully saturated rings. The average Bonchev–Trinajstić information content (AvgIpc) is 2.44. The highest BCUT2D eigenvalue weighted by Gasteiger charge is 2.32. The zero-order valence-electron chi connectivity index (χ0n) is 12.6. The van der Waals surface area contributed by atoms with Crippen LogP contribution in [0, 0.1) is 5.41 Å². The Kier molecular flexibility index (Phi) is 6.02. The summed E-state index contributed by atoms with van der Waals surface area (Å²) in [5.74, 6) is 0.0402. The summed E-state index contributed by atoms with van der Waals surface area (Å²) in [4.78, 5) is 11.1. The largest absolute Gasteiger partial charge is 0.497 e. The highest BCUT2D eigenvalue weighted by Crippen LogP contribution is 2.32. The minimum absolute atomic E-state index is 0.100. The van der Waals surface area contributed by atoms with E-state index >= 15 is 0 Å². The van der Waals surface area contributed by atoms with E-state index in [9.17, 15) is 4.79 Å². The molecule has 0 heterocycles. The molecule has 4 nitrogen and oxygen atoms in total. The van der Waals surface area contributed by atoms with Crippen molar-refractivity contribution in [2.45, 2.75) is 45.6 Å². The number of carboxylic acid groups (broad SMARTS) is 1. The molecule has 0 aliphatic rings. The van der Waals surface area contributed by atoms with Crippen molar-refractivity contribution in [3.05, 3.63) is 29.8 Å². The van der Waals surface area contributed by atoms with E-state index in [1.54, 1.807) is 7.11 Å². The number of hydrogen-bond donors (Lipinski definition) is 2. The molecule has 1 aromatic rings. The first-order valence-electron chi connectivity index (χ1n) is 7.01. The molecule has 2 atom stereocenters. The number of aryl methyl sites for hydroxylation is 1. The Morgan fingerprint density at radius 1 is 1.40 bits per heavy atom. The van der Waals surface area contributed by atoms with Crippen LogP contribution in [0.5, 0.6) is 5.75 Å². The Hall–Kier alpha value is -1.55. The van der Waals surface area contributed by atoms with Crippen LogP contribution in [-0.4, -0.2) is 24.2 Å². The van der Waals surface area contributed by atoms with Crippen LogP contribution in [0.1, 0.15) is 38.7 Å². The second kappa shape index (κ2) is 7.29. The fourth-order valence-corrected chi connectivity index (χ4v) is 2.47. The lowest BCUT2D eigenvalue weighted by Crippen LogP contribution is -2.41. The van der Waals surface area contributed by atoms with Gasteiger partial charge in [-0.05, 0) is 42.4 Å². The van der Waals surface area contributed by atoms with Crippen molar-refractivity contribution in [2.75, 3.05) is 7.11 Å². The second-order valence-corrected chi connectivity index (χ2v) is 5.59. The van der Waals surface area contributed by atoms with Crippen LogP contribution in [0.4, 0.5) is 0 Å². The van der Waals surface area contributed by atoms with Crippen LogP contribution < -0.4 is 10.5 Å². The van der Waals surface area contributed by atoms with E-state index in [1.165, 1.54) is 5.56 Å². The summed E-state index contributed by atoms with van der Waals surface area (Å²) in [5, 5.41) is 9.09. The Bertz CT molecular complexity index is 430. The van der Waals surface area contributed by atoms with E-state index in [4.69, 9.17) is 15.6 Å². The molecule has 0 aliphatic heterocycles. The van der Waals surface area contributed by atoms with E-state index < -0.39 is 5.97 Å². The predicted octanol–water partition coefficient (Wildman–Crippen LogP) is 2.85. The monoisotopic (exact) mass is 279 g/mol. The highest BCUT2D eigenvalue weighted by atomic mass is 16.5. The maximum atomic E-state index is 11.1. The van der Waals surface area contributed by atoms with Crippen molar-refractivity contribution in [3.8, 4) is 5.75 Å². The second-order valence-electron chi connectivity index (χ2n) is 5.59. The van der Waals surface area contributed by atoms with Gasteiger partial charge in [-0.1, -0.05) is 26.0 Å². The number of carboxylic acids is 1. The van der Waals surface area contributed by atoms with Crippen molar-refractivity contribution < 1.29 is 14.6 Å². The fraction of sp³-hybridized carbons (Fsp3) is 0.562. The van der Waals surface area contributed by atoms with Crippen molar-refractivity contribution in [3.63, 3.8) is 0 Å². The first-order valence-corrected chi connectivity index (χ1v) is 7.01. The summed E-state index contributed by atoms with van der Waals surface area (Å²) in [5.41, 5.74) is 6.92. The first kappa shape index (κ1) is 16.5. The molecule has 112 valence electrons. The predicted molar refractivity (Wildman–Crippen MR) is 79.9 cm³/mol. The van der Waals surface area contributed by atoms with Crippen LogP contribution in [0.3, 0.4) is 0 Å². The summed E-state index contributed by atoms with van der Waals surface area (Å²) in [6.07, 6.45) is 2.48. The number of hydrogen-bond acceptors (Lipinski definition) is 3. The van der Waals surface area contributed by atoms with Crippen molar-refractivity contribution in [2.24, 2.45) is 11.1 Å². The van der Waals surface area contributed by atoms with Crippen molar-refractivity contribution in [1.82, 2.24) is 0 Å². The summed E-state index contributed by atoms with van der Waals surface area (Å²) in [6, 6.07) is 7.76. The molecule has 1 aromatic carbocycles. The fourth-order valence-electron chi connectivity index (χ4n) is 2.47. The molecule has 1 rings (SSSR count). The molecule has 0 spiro atoms. The normalized spacial score (nSPS) is 15.4. The van der Waals surface area contributed by atoms with Gasteiger partial charge in [-0.25, -0.2) is 0 Å². The molecule has 0 aromatic heterocycles. The van der Waals surface area contributed by atoms with Gasteiger partial charge in [0.2, 0.25) is 0 Å². The lowest BCUT2D eigenvalue weighted by molar-refractivity contribution is -0.140. The summed E-state index contributed by atoms with van der Waals surface area (Å²) in [7, 11) is 1.64. The standard InChI is InChI=1S/C16H25NO3/c1-4-14(17)16(2,11-15(18)19)10-9-12-5-7-13(20-3)8-6-12/h5-8,14H,4,9-11,17H2,1-3H3,(H,18,19). The highest BCUT2D eigenvalue weighted by molar-refractivity contribution is 5.67. The Labute approximate surface area is 120 Å². The smallest absolute Gasteiger partial charge is 0.303 e. The average molecular weight is 279 g/mol. The Morgan fingerprint density at radius 3 is 2.45 bits per heavy atom. The van der Waals surface area contributed by atoms with E-state index in [0.717, 1.165) is 25.0 Å². The lowest BCUT2D eigenvalue weighted by atomic mass is 9.74. The summed E-state index contributed by atoms with van der Waals surface area (Å²) >= 11 is 0. The SMILES string of the molecule is CCC(N)C(C)(CCc1ccc(OC)cc1)CC(=O)O. The zero-order chi connectivity index (χ0) is 15.2. The van der Waals surface area contributed by atoms with Gasteiger partial charge in [0.25, 0.3) is 0 Å². The summed E-state index contributed by atoms with van der Waals surface area (Å²) in [6.45, 7) is 3.97. The van der Waals surface area contributed by atoms with Crippen LogP contribution in [0.15, 0.2) is 24.3 Å². The number of ether oxygens (including phenoxy) is 1. The molecule has 0 aliphatic carbocycles. The van der Waals surface area contributed by atoms with Gasteiger partial charge in [0.1, 0.15) is 5.75 Å². The molecule has 0 saturated carbocycles. The molecule has 4 heteroatoms. The van der Waals surface area contributed by atoms with Gasteiger partial charge in [0.15, 0.2) is 0 Å². The number of methoxy groups -OCH3 is 1. The zero-order valence-corrected chi connectivity index (χ0v) is 12.6. The Morgan fingerprint density at radius 2 is 2.00 bits per heavy atom.